The molecule has 0 fully saturated rings. The summed E-state index contributed by atoms with van der Waals surface area (Å²) in [6.45, 7) is 0. The van der Waals surface area contributed by atoms with E-state index in [0.717, 1.165) is 27.5 Å². The van der Waals surface area contributed by atoms with E-state index in [1.165, 1.54) is 82.4 Å². The normalized spacial score (nSPS) is 11.6. The first-order valence-electron chi connectivity index (χ1n) is 18.9. The van der Waals surface area contributed by atoms with Crippen LogP contribution in [0.3, 0.4) is 0 Å². The molecule has 0 bridgehead atoms. The first-order valence-corrected chi connectivity index (χ1v) is 18.9. The second kappa shape index (κ2) is 12.7. The van der Waals surface area contributed by atoms with Gasteiger partial charge < -0.3 is 4.42 Å². The van der Waals surface area contributed by atoms with E-state index in [1.54, 1.807) is 0 Å². The zero-order valence-corrected chi connectivity index (χ0v) is 30.0. The smallest absolute Gasteiger partial charge is 0.143 e. The van der Waals surface area contributed by atoms with E-state index in [1.807, 2.05) is 6.07 Å². The van der Waals surface area contributed by atoms with Crippen LogP contribution < -0.4 is 0 Å². The van der Waals surface area contributed by atoms with Gasteiger partial charge in [0.1, 0.15) is 11.2 Å². The Labute approximate surface area is 319 Å². The largest absolute Gasteiger partial charge is 0.455 e. The van der Waals surface area contributed by atoms with E-state index in [-0.39, 0.29) is 0 Å². The topological polar surface area (TPSA) is 13.1 Å². The molecule has 0 N–H and O–H groups in total. The van der Waals surface area contributed by atoms with Crippen LogP contribution in [0.15, 0.2) is 211 Å². The molecule has 0 aliphatic carbocycles. The van der Waals surface area contributed by atoms with Gasteiger partial charge in [-0.2, -0.15) is 0 Å². The van der Waals surface area contributed by atoms with E-state index in [9.17, 15) is 0 Å². The minimum absolute atomic E-state index is 0.911. The van der Waals surface area contributed by atoms with Gasteiger partial charge in [-0.15, -0.1) is 0 Å². The van der Waals surface area contributed by atoms with E-state index in [2.05, 4.69) is 200 Å². The van der Waals surface area contributed by atoms with Crippen LogP contribution in [0.25, 0.3) is 110 Å². The van der Waals surface area contributed by atoms with Crippen molar-refractivity contribution in [1.29, 1.82) is 0 Å². The lowest BCUT2D eigenvalue weighted by atomic mass is 9.85. The molecule has 55 heavy (non-hydrogen) atoms. The van der Waals surface area contributed by atoms with Crippen molar-refractivity contribution in [3.8, 4) is 55.6 Å². The van der Waals surface area contributed by atoms with Crippen molar-refractivity contribution in [3.05, 3.63) is 206 Å². The van der Waals surface area contributed by atoms with Gasteiger partial charge >= 0.3 is 0 Å². The molecule has 1 nitrogen and oxygen atoms in total. The van der Waals surface area contributed by atoms with E-state index in [0.29, 0.717) is 0 Å². The van der Waals surface area contributed by atoms with E-state index in [4.69, 9.17) is 4.42 Å². The fourth-order valence-corrected chi connectivity index (χ4v) is 8.75. The third-order valence-electron chi connectivity index (χ3n) is 11.2. The van der Waals surface area contributed by atoms with Crippen LogP contribution in [-0.2, 0) is 0 Å². The second-order valence-electron chi connectivity index (χ2n) is 14.4. The molecule has 11 rings (SSSR count). The van der Waals surface area contributed by atoms with Gasteiger partial charge in [0, 0.05) is 21.9 Å². The number of fused-ring (bicyclic) bond motifs is 6. The number of furan rings is 1. The SMILES string of the molecule is c1cc(-c2cccc(-c3cccc4ccccc34)c2)cc(-c2cccc(-c3c4ccccc4c(-c4cccc5c4oc4ccccc45)c4ccccc34)c2)c1. The minimum atomic E-state index is 0.911. The van der Waals surface area contributed by atoms with Crippen LogP contribution in [0.2, 0.25) is 0 Å². The zero-order chi connectivity index (χ0) is 36.3. The summed E-state index contributed by atoms with van der Waals surface area (Å²) < 4.78 is 6.60. The number of hydrogen-bond acceptors (Lipinski definition) is 1. The highest BCUT2D eigenvalue weighted by Gasteiger charge is 2.20. The molecule has 10 aromatic carbocycles. The Hall–Kier alpha value is -7.22. The van der Waals surface area contributed by atoms with Gasteiger partial charge in [0.15, 0.2) is 0 Å². The van der Waals surface area contributed by atoms with Gasteiger partial charge in [-0.25, -0.2) is 0 Å². The minimum Gasteiger partial charge on any atom is -0.455 e. The first kappa shape index (κ1) is 31.3. The van der Waals surface area contributed by atoms with Crippen LogP contribution in [0.5, 0.6) is 0 Å². The summed E-state index contributed by atoms with van der Waals surface area (Å²) in [5, 5.41) is 9.67. The Bertz CT molecular complexity index is 3210. The molecular weight excluding hydrogens is 665 g/mol. The molecule has 0 amide bonds. The fraction of sp³-hybridized carbons (Fsp3) is 0. The molecule has 0 saturated carbocycles. The van der Waals surface area contributed by atoms with Gasteiger partial charge in [0.25, 0.3) is 0 Å². The zero-order valence-electron chi connectivity index (χ0n) is 30.0. The standard InChI is InChI=1S/C54H34O/c1-2-22-42-35(14-1)15-12-28-43(42)40-20-10-18-38(33-40)36-16-9-17-37(32-36)39-19-11-21-41(34-39)52-45-24-3-5-26-47(45)53(48-27-6-4-25-46(48)52)50-30-13-29-49-44-23-7-8-31-51(44)55-54(49)50/h1-34H. The van der Waals surface area contributed by atoms with Gasteiger partial charge in [-0.05, 0) is 101 Å². The summed E-state index contributed by atoms with van der Waals surface area (Å²) in [7, 11) is 0. The quantitative estimate of drug-likeness (QED) is 0.163. The molecule has 0 saturated heterocycles. The third-order valence-corrected chi connectivity index (χ3v) is 11.2. The van der Waals surface area contributed by atoms with Gasteiger partial charge in [0.05, 0.1) is 0 Å². The molecule has 256 valence electrons. The number of hydrogen-bond donors (Lipinski definition) is 0. The Morgan fingerprint density at radius 2 is 0.673 bits per heavy atom. The van der Waals surface area contributed by atoms with Gasteiger partial charge in [-0.1, -0.05) is 182 Å². The molecular formula is C54H34O. The summed E-state index contributed by atoms with van der Waals surface area (Å²) in [6, 6.07) is 74.7. The number of rotatable bonds is 5. The third kappa shape index (κ3) is 5.16. The highest BCUT2D eigenvalue weighted by Crippen LogP contribution is 2.47. The summed E-state index contributed by atoms with van der Waals surface area (Å²) in [4.78, 5) is 0. The second-order valence-corrected chi connectivity index (χ2v) is 14.4. The Morgan fingerprint density at radius 3 is 1.35 bits per heavy atom. The van der Waals surface area contributed by atoms with Crippen molar-refractivity contribution in [1.82, 2.24) is 0 Å². The van der Waals surface area contributed by atoms with E-state index >= 15 is 0 Å². The maximum Gasteiger partial charge on any atom is 0.143 e. The lowest BCUT2D eigenvalue weighted by molar-refractivity contribution is 0.670. The van der Waals surface area contributed by atoms with Crippen molar-refractivity contribution < 1.29 is 4.42 Å². The lowest BCUT2D eigenvalue weighted by Gasteiger charge is -2.18. The van der Waals surface area contributed by atoms with Crippen LogP contribution >= 0.6 is 0 Å². The van der Waals surface area contributed by atoms with Gasteiger partial charge in [0.2, 0.25) is 0 Å². The molecule has 0 atom stereocenters. The van der Waals surface area contributed by atoms with Crippen molar-refractivity contribution in [2.24, 2.45) is 0 Å². The van der Waals surface area contributed by atoms with Crippen molar-refractivity contribution in [3.63, 3.8) is 0 Å². The Morgan fingerprint density at radius 1 is 0.255 bits per heavy atom. The molecule has 0 spiro atoms. The number of benzene rings is 10. The molecule has 1 heterocycles. The molecule has 11 aromatic rings. The molecule has 0 aliphatic rings. The van der Waals surface area contributed by atoms with Crippen LogP contribution in [-0.4, -0.2) is 0 Å². The summed E-state index contributed by atoms with van der Waals surface area (Å²) in [6.07, 6.45) is 0. The summed E-state index contributed by atoms with van der Waals surface area (Å²) in [5.41, 5.74) is 13.9. The number of para-hydroxylation sites is 2. The summed E-state index contributed by atoms with van der Waals surface area (Å²) >= 11 is 0. The van der Waals surface area contributed by atoms with Crippen molar-refractivity contribution >= 4 is 54.3 Å². The average molecular weight is 699 g/mol. The van der Waals surface area contributed by atoms with Gasteiger partial charge in [-0.3, -0.25) is 0 Å². The predicted octanol–water partition coefficient (Wildman–Crippen LogP) is 15.4. The van der Waals surface area contributed by atoms with Crippen LogP contribution in [0.4, 0.5) is 0 Å². The lowest BCUT2D eigenvalue weighted by Crippen LogP contribution is -1.91. The Kier molecular flexibility index (Phi) is 7.25. The van der Waals surface area contributed by atoms with Crippen LogP contribution in [0.1, 0.15) is 0 Å². The molecule has 0 radical (unpaired) electrons. The van der Waals surface area contributed by atoms with Crippen molar-refractivity contribution in [2.75, 3.05) is 0 Å². The van der Waals surface area contributed by atoms with Crippen LogP contribution in [0, 0.1) is 0 Å². The molecule has 1 aromatic heterocycles. The first-order chi connectivity index (χ1) is 27.3. The monoisotopic (exact) mass is 698 g/mol. The fourth-order valence-electron chi connectivity index (χ4n) is 8.75. The maximum atomic E-state index is 6.60. The van der Waals surface area contributed by atoms with E-state index < -0.39 is 0 Å². The predicted molar refractivity (Wildman–Crippen MR) is 233 cm³/mol. The molecule has 0 unspecified atom stereocenters. The average Bonchev–Trinajstić information content (AvgIpc) is 3.65. The molecule has 1 heteroatoms. The summed E-state index contributed by atoms with van der Waals surface area (Å²) in [5.74, 6) is 0. The highest BCUT2D eigenvalue weighted by atomic mass is 16.3. The maximum absolute atomic E-state index is 6.60. The van der Waals surface area contributed by atoms with Crippen molar-refractivity contribution in [2.45, 2.75) is 0 Å². The Balaban J connectivity index is 1.05. The molecule has 0 aliphatic heterocycles. The highest BCUT2D eigenvalue weighted by molar-refractivity contribution is 6.24.